The molecule has 9 nitrogen and oxygen atoms in total. The van der Waals surface area contributed by atoms with Crippen LogP contribution in [0.5, 0.6) is 5.75 Å². The number of nitrogens with two attached hydrogens (primary N) is 1. The lowest BCUT2D eigenvalue weighted by molar-refractivity contribution is 0.184. The molecule has 4 aromatic rings. The smallest absolute Gasteiger partial charge is 0.199 e. The molecular weight excluding hydrogens is 406 g/mol. The number of anilines is 1. The van der Waals surface area contributed by atoms with Crippen LogP contribution >= 0.6 is 0 Å². The van der Waals surface area contributed by atoms with Gasteiger partial charge in [0.15, 0.2) is 23.1 Å². The predicted octanol–water partition coefficient (Wildman–Crippen LogP) is 3.62. The van der Waals surface area contributed by atoms with E-state index < -0.39 is 0 Å². The predicted molar refractivity (Wildman–Crippen MR) is 122 cm³/mol. The van der Waals surface area contributed by atoms with Gasteiger partial charge in [-0.05, 0) is 43.2 Å². The van der Waals surface area contributed by atoms with Crippen molar-refractivity contribution in [3.8, 4) is 28.5 Å². The van der Waals surface area contributed by atoms with E-state index in [2.05, 4.69) is 22.1 Å². The molecule has 166 valence electrons. The molecule has 9 heteroatoms. The standard InChI is InChI=1S/C23H27N7O2/c1-2-30-21-17(31-14-13-29-11-7-4-8-12-29)15-25-18(16-9-5-3-6-10-16)19(21)26-23(30)20-22(24)28-32-27-20/h3,5-6,9-10,15H,2,4,7-8,11-14H2,1H3,(H2,24,28). The molecule has 0 aliphatic carbocycles. The fraction of sp³-hybridized carbons (Fsp3) is 0.391. The van der Waals surface area contributed by atoms with Crippen molar-refractivity contribution in [2.24, 2.45) is 0 Å². The number of rotatable bonds is 7. The van der Waals surface area contributed by atoms with E-state index in [-0.39, 0.29) is 5.82 Å². The molecule has 0 bridgehead atoms. The van der Waals surface area contributed by atoms with Crippen molar-refractivity contribution in [1.82, 2.24) is 29.7 Å². The van der Waals surface area contributed by atoms with Crippen LogP contribution in [0.15, 0.2) is 41.2 Å². The molecule has 1 aliphatic heterocycles. The Morgan fingerprint density at radius 3 is 2.59 bits per heavy atom. The SMILES string of the molecule is CCn1c(-c2nonc2N)nc2c(-c3ccccc3)ncc(OCCN3CCCCC3)c21. The molecule has 4 heterocycles. The van der Waals surface area contributed by atoms with E-state index in [1.807, 2.05) is 34.9 Å². The van der Waals surface area contributed by atoms with Crippen LogP contribution < -0.4 is 10.5 Å². The highest BCUT2D eigenvalue weighted by molar-refractivity contribution is 5.95. The molecule has 0 amide bonds. The first-order chi connectivity index (χ1) is 15.8. The van der Waals surface area contributed by atoms with Crippen LogP contribution in [0.4, 0.5) is 5.82 Å². The van der Waals surface area contributed by atoms with Gasteiger partial charge in [-0.15, -0.1) is 0 Å². The van der Waals surface area contributed by atoms with E-state index in [4.69, 9.17) is 25.1 Å². The summed E-state index contributed by atoms with van der Waals surface area (Å²) in [4.78, 5) is 12.1. The molecule has 2 N–H and O–H groups in total. The second kappa shape index (κ2) is 8.96. The Labute approximate surface area is 186 Å². The number of hydrogen-bond donors (Lipinski definition) is 1. The maximum atomic E-state index is 6.26. The third-order valence-electron chi connectivity index (χ3n) is 5.94. The van der Waals surface area contributed by atoms with Crippen LogP contribution in [0, 0.1) is 0 Å². The number of benzene rings is 1. The molecule has 1 saturated heterocycles. The minimum absolute atomic E-state index is 0.205. The summed E-state index contributed by atoms with van der Waals surface area (Å²) >= 11 is 0. The number of likely N-dealkylation sites (tertiary alicyclic amines) is 1. The van der Waals surface area contributed by atoms with Gasteiger partial charge in [0.2, 0.25) is 0 Å². The molecule has 0 saturated carbocycles. The van der Waals surface area contributed by atoms with Crippen molar-refractivity contribution >= 4 is 16.9 Å². The Morgan fingerprint density at radius 2 is 1.88 bits per heavy atom. The highest BCUT2D eigenvalue weighted by Gasteiger charge is 2.24. The van der Waals surface area contributed by atoms with Gasteiger partial charge in [0, 0.05) is 18.7 Å². The van der Waals surface area contributed by atoms with Crippen molar-refractivity contribution in [2.75, 3.05) is 32.0 Å². The lowest BCUT2D eigenvalue weighted by Gasteiger charge is -2.26. The Bertz CT molecular complexity index is 1200. The number of nitrogens with zero attached hydrogens (tertiary/aromatic N) is 6. The summed E-state index contributed by atoms with van der Waals surface area (Å²) in [6, 6.07) is 10.0. The van der Waals surface area contributed by atoms with E-state index in [0.29, 0.717) is 30.4 Å². The van der Waals surface area contributed by atoms with Crippen molar-refractivity contribution in [2.45, 2.75) is 32.7 Å². The molecule has 0 radical (unpaired) electrons. The van der Waals surface area contributed by atoms with Gasteiger partial charge in [-0.3, -0.25) is 4.90 Å². The number of nitrogen functional groups attached to an aromatic ring is 1. The Balaban J connectivity index is 1.58. The monoisotopic (exact) mass is 433 g/mol. The van der Waals surface area contributed by atoms with E-state index in [9.17, 15) is 0 Å². The quantitative estimate of drug-likeness (QED) is 0.471. The fourth-order valence-corrected chi connectivity index (χ4v) is 4.33. The van der Waals surface area contributed by atoms with Crippen molar-refractivity contribution in [3.63, 3.8) is 0 Å². The highest BCUT2D eigenvalue weighted by Crippen LogP contribution is 2.36. The average Bonchev–Trinajstić information content (AvgIpc) is 3.43. The van der Waals surface area contributed by atoms with E-state index >= 15 is 0 Å². The zero-order chi connectivity index (χ0) is 21.9. The van der Waals surface area contributed by atoms with Crippen molar-refractivity contribution in [3.05, 3.63) is 36.5 Å². The summed E-state index contributed by atoms with van der Waals surface area (Å²) in [5.74, 6) is 1.50. The molecule has 32 heavy (non-hydrogen) atoms. The Kier molecular flexibility index (Phi) is 5.72. The van der Waals surface area contributed by atoms with Crippen LogP contribution in [-0.4, -0.2) is 56.0 Å². The van der Waals surface area contributed by atoms with E-state index in [0.717, 1.165) is 41.9 Å². The van der Waals surface area contributed by atoms with Gasteiger partial charge in [-0.25, -0.2) is 14.6 Å². The summed E-state index contributed by atoms with van der Waals surface area (Å²) in [5, 5.41) is 7.71. The lowest BCUT2D eigenvalue weighted by atomic mass is 10.1. The van der Waals surface area contributed by atoms with Gasteiger partial charge in [-0.2, -0.15) is 0 Å². The molecule has 3 aromatic heterocycles. The van der Waals surface area contributed by atoms with Crippen molar-refractivity contribution in [1.29, 1.82) is 0 Å². The molecule has 5 rings (SSSR count). The lowest BCUT2D eigenvalue weighted by Crippen LogP contribution is -2.33. The first-order valence-corrected chi connectivity index (χ1v) is 11.1. The molecule has 0 spiro atoms. The summed E-state index contributed by atoms with van der Waals surface area (Å²) in [7, 11) is 0. The zero-order valence-corrected chi connectivity index (χ0v) is 18.2. The second-order valence-electron chi connectivity index (χ2n) is 7.96. The van der Waals surface area contributed by atoms with Crippen LogP contribution in [-0.2, 0) is 6.54 Å². The number of imidazole rings is 1. The number of ether oxygens (including phenoxy) is 1. The second-order valence-corrected chi connectivity index (χ2v) is 7.96. The third kappa shape index (κ3) is 3.80. The van der Waals surface area contributed by atoms with Gasteiger partial charge < -0.3 is 15.0 Å². The van der Waals surface area contributed by atoms with E-state index in [1.54, 1.807) is 6.20 Å². The minimum Gasteiger partial charge on any atom is -0.488 e. The Hall–Kier alpha value is -3.46. The number of pyridine rings is 1. The number of hydrogen-bond acceptors (Lipinski definition) is 8. The zero-order valence-electron chi connectivity index (χ0n) is 18.2. The summed E-state index contributed by atoms with van der Waals surface area (Å²) in [6.45, 7) is 6.47. The minimum atomic E-state index is 0.205. The van der Waals surface area contributed by atoms with Crippen LogP contribution in [0.2, 0.25) is 0 Å². The van der Waals surface area contributed by atoms with Gasteiger partial charge in [0.05, 0.1) is 11.9 Å². The highest BCUT2D eigenvalue weighted by atomic mass is 16.6. The number of fused-ring (bicyclic) bond motifs is 1. The number of piperidine rings is 1. The molecule has 0 unspecified atom stereocenters. The van der Waals surface area contributed by atoms with Crippen molar-refractivity contribution < 1.29 is 9.37 Å². The summed E-state index contributed by atoms with van der Waals surface area (Å²) < 4.78 is 13.1. The molecule has 0 atom stereocenters. The first-order valence-electron chi connectivity index (χ1n) is 11.1. The van der Waals surface area contributed by atoms with Gasteiger partial charge in [0.25, 0.3) is 0 Å². The topological polar surface area (TPSA) is 108 Å². The largest absolute Gasteiger partial charge is 0.488 e. The third-order valence-corrected chi connectivity index (χ3v) is 5.94. The van der Waals surface area contributed by atoms with Crippen LogP contribution in [0.1, 0.15) is 26.2 Å². The molecule has 1 aromatic carbocycles. The fourth-order valence-electron chi connectivity index (χ4n) is 4.33. The molecular formula is C23H27N7O2. The Morgan fingerprint density at radius 1 is 1.06 bits per heavy atom. The van der Waals surface area contributed by atoms with Crippen LogP contribution in [0.25, 0.3) is 33.8 Å². The van der Waals surface area contributed by atoms with Gasteiger partial charge >= 0.3 is 0 Å². The normalized spacial score (nSPS) is 14.8. The molecule has 1 fully saturated rings. The molecule has 1 aliphatic rings. The van der Waals surface area contributed by atoms with Crippen LogP contribution in [0.3, 0.4) is 0 Å². The van der Waals surface area contributed by atoms with Gasteiger partial charge in [-0.1, -0.05) is 36.8 Å². The number of aryl methyl sites for hydroxylation is 1. The van der Waals surface area contributed by atoms with Gasteiger partial charge in [0.1, 0.15) is 17.6 Å². The summed E-state index contributed by atoms with van der Waals surface area (Å²) in [6.07, 6.45) is 5.64. The summed E-state index contributed by atoms with van der Waals surface area (Å²) in [5.41, 5.74) is 9.79. The number of aromatic nitrogens is 5. The first kappa shape index (κ1) is 20.4. The maximum absolute atomic E-state index is 6.26. The van der Waals surface area contributed by atoms with E-state index in [1.165, 1.54) is 19.3 Å². The average molecular weight is 434 g/mol. The maximum Gasteiger partial charge on any atom is 0.199 e.